The van der Waals surface area contributed by atoms with Crippen LogP contribution in [0.4, 0.5) is 0 Å². The molecule has 0 saturated heterocycles. The van der Waals surface area contributed by atoms with Crippen LogP contribution in [-0.2, 0) is 12.8 Å². The molecule has 1 heterocycles. The number of nitrogens with zero attached hydrogens (tertiary/aromatic N) is 1. The van der Waals surface area contributed by atoms with Crippen molar-refractivity contribution in [3.8, 4) is 22.6 Å². The fourth-order valence-electron chi connectivity index (χ4n) is 4.54. The summed E-state index contributed by atoms with van der Waals surface area (Å²) in [6.07, 6.45) is 3.98. The SMILES string of the molecule is CNC(=O)c1cc(Oc2ccc3c(c2)CC(NC(=O)c2ccc(-c4ccc(Cl)c(Cl)c4)cc2)CC3)ccn1. The number of nitrogens with one attached hydrogen (secondary N) is 2. The topological polar surface area (TPSA) is 80.3 Å². The molecular weight excluding hydrogens is 521 g/mol. The summed E-state index contributed by atoms with van der Waals surface area (Å²) in [5.41, 5.74) is 5.15. The first-order valence-electron chi connectivity index (χ1n) is 12.2. The zero-order valence-electron chi connectivity index (χ0n) is 20.6. The molecule has 0 fully saturated rings. The lowest BCUT2D eigenvalue weighted by Crippen LogP contribution is -2.38. The minimum atomic E-state index is -0.275. The highest BCUT2D eigenvalue weighted by atomic mass is 35.5. The molecule has 8 heteroatoms. The van der Waals surface area contributed by atoms with Crippen LogP contribution in [0.25, 0.3) is 11.1 Å². The van der Waals surface area contributed by atoms with E-state index in [0.29, 0.717) is 33.5 Å². The zero-order chi connectivity index (χ0) is 26.6. The Morgan fingerprint density at radius 3 is 2.37 bits per heavy atom. The second kappa shape index (κ2) is 11.3. The van der Waals surface area contributed by atoms with E-state index in [4.69, 9.17) is 27.9 Å². The Labute approximate surface area is 231 Å². The van der Waals surface area contributed by atoms with E-state index in [2.05, 4.69) is 21.7 Å². The number of ether oxygens (including phenoxy) is 1. The van der Waals surface area contributed by atoms with Crippen LogP contribution in [-0.4, -0.2) is 29.9 Å². The molecule has 0 aliphatic heterocycles. The van der Waals surface area contributed by atoms with Crippen LogP contribution in [0.15, 0.2) is 79.0 Å². The van der Waals surface area contributed by atoms with Gasteiger partial charge in [-0.3, -0.25) is 14.6 Å². The molecule has 2 amide bonds. The molecule has 0 bridgehead atoms. The number of amides is 2. The molecular formula is C30H25Cl2N3O3. The van der Waals surface area contributed by atoms with Gasteiger partial charge in [0.05, 0.1) is 10.0 Å². The highest BCUT2D eigenvalue weighted by molar-refractivity contribution is 6.42. The average molecular weight is 546 g/mol. The summed E-state index contributed by atoms with van der Waals surface area (Å²) in [7, 11) is 1.56. The second-order valence-corrected chi connectivity index (χ2v) is 9.92. The normalized spacial score (nSPS) is 14.3. The van der Waals surface area contributed by atoms with Gasteiger partial charge in [-0.15, -0.1) is 0 Å². The van der Waals surface area contributed by atoms with Crippen LogP contribution in [0.1, 0.15) is 38.4 Å². The summed E-state index contributed by atoms with van der Waals surface area (Å²) in [5.74, 6) is 0.819. The Balaban J connectivity index is 1.24. The number of rotatable bonds is 6. The van der Waals surface area contributed by atoms with Gasteiger partial charge < -0.3 is 15.4 Å². The van der Waals surface area contributed by atoms with E-state index in [-0.39, 0.29) is 23.6 Å². The third-order valence-electron chi connectivity index (χ3n) is 6.57. The molecule has 192 valence electrons. The van der Waals surface area contributed by atoms with Crippen LogP contribution in [0, 0.1) is 0 Å². The number of pyridine rings is 1. The van der Waals surface area contributed by atoms with E-state index < -0.39 is 0 Å². The number of carbonyl (C=O) groups excluding carboxylic acids is 2. The number of fused-ring (bicyclic) bond motifs is 1. The van der Waals surface area contributed by atoms with Crippen molar-refractivity contribution in [2.45, 2.75) is 25.3 Å². The van der Waals surface area contributed by atoms with E-state index >= 15 is 0 Å². The highest BCUT2D eigenvalue weighted by Crippen LogP contribution is 2.30. The number of carbonyl (C=O) groups is 2. The molecule has 1 aliphatic carbocycles. The minimum Gasteiger partial charge on any atom is -0.457 e. The standard InChI is InChI=1S/C30H25Cl2N3O3/c1-33-30(37)28-17-25(12-13-34-28)38-24-10-7-19-6-9-23(14-22(19)15-24)35-29(36)20-4-2-18(3-5-20)21-8-11-26(31)27(32)16-21/h2-5,7-8,10-13,15-17,23H,6,9,14H2,1H3,(H,33,37)(H,35,36). The van der Waals surface area contributed by atoms with Crippen molar-refractivity contribution in [3.05, 3.63) is 111 Å². The molecule has 38 heavy (non-hydrogen) atoms. The third-order valence-corrected chi connectivity index (χ3v) is 7.31. The summed E-state index contributed by atoms with van der Waals surface area (Å²) >= 11 is 12.2. The van der Waals surface area contributed by atoms with Gasteiger partial charge in [0.1, 0.15) is 17.2 Å². The molecule has 0 radical (unpaired) electrons. The summed E-state index contributed by atoms with van der Waals surface area (Å²) in [5, 5.41) is 6.73. The van der Waals surface area contributed by atoms with Crippen molar-refractivity contribution in [2.24, 2.45) is 0 Å². The van der Waals surface area contributed by atoms with Crippen LogP contribution >= 0.6 is 23.2 Å². The predicted octanol–water partition coefficient (Wildman–Crippen LogP) is 6.49. The average Bonchev–Trinajstić information content (AvgIpc) is 2.94. The Kier molecular flexibility index (Phi) is 7.63. The number of aryl methyl sites for hydroxylation is 1. The summed E-state index contributed by atoms with van der Waals surface area (Å²) < 4.78 is 6.00. The minimum absolute atomic E-state index is 0.0146. The van der Waals surface area contributed by atoms with Gasteiger partial charge in [0, 0.05) is 30.9 Å². The molecule has 2 N–H and O–H groups in total. The van der Waals surface area contributed by atoms with Crippen LogP contribution in [0.3, 0.4) is 0 Å². The number of hydrogen-bond donors (Lipinski definition) is 2. The van der Waals surface area contributed by atoms with Gasteiger partial charge in [0.25, 0.3) is 11.8 Å². The molecule has 1 aromatic heterocycles. The Bertz CT molecular complexity index is 1510. The summed E-state index contributed by atoms with van der Waals surface area (Å²) in [6.45, 7) is 0. The van der Waals surface area contributed by atoms with Crippen LogP contribution < -0.4 is 15.4 Å². The molecule has 0 saturated carbocycles. The lowest BCUT2D eigenvalue weighted by atomic mass is 9.88. The van der Waals surface area contributed by atoms with Crippen molar-refractivity contribution < 1.29 is 14.3 Å². The lowest BCUT2D eigenvalue weighted by Gasteiger charge is -2.26. The number of benzene rings is 3. The van der Waals surface area contributed by atoms with E-state index in [1.54, 1.807) is 31.4 Å². The molecule has 3 aromatic carbocycles. The fraction of sp³-hybridized carbons (Fsp3) is 0.167. The van der Waals surface area contributed by atoms with Crippen molar-refractivity contribution in [2.75, 3.05) is 7.05 Å². The maximum atomic E-state index is 13.0. The van der Waals surface area contributed by atoms with Gasteiger partial charge in [-0.1, -0.05) is 47.5 Å². The Morgan fingerprint density at radius 1 is 0.842 bits per heavy atom. The quantitative estimate of drug-likeness (QED) is 0.290. The maximum absolute atomic E-state index is 13.0. The number of halogens is 2. The molecule has 4 aromatic rings. The summed E-state index contributed by atoms with van der Waals surface area (Å²) in [4.78, 5) is 28.9. The molecule has 0 spiro atoms. The van der Waals surface area contributed by atoms with Crippen molar-refractivity contribution in [1.29, 1.82) is 0 Å². The number of aromatic nitrogens is 1. The molecule has 5 rings (SSSR count). The number of hydrogen-bond acceptors (Lipinski definition) is 4. The molecule has 1 unspecified atom stereocenters. The second-order valence-electron chi connectivity index (χ2n) is 9.11. The van der Waals surface area contributed by atoms with Crippen molar-refractivity contribution in [1.82, 2.24) is 15.6 Å². The fourth-order valence-corrected chi connectivity index (χ4v) is 4.84. The molecule has 6 nitrogen and oxygen atoms in total. The lowest BCUT2D eigenvalue weighted by molar-refractivity contribution is 0.0931. The van der Waals surface area contributed by atoms with Gasteiger partial charge in [-0.05, 0) is 84.0 Å². The molecule has 1 atom stereocenters. The van der Waals surface area contributed by atoms with Crippen molar-refractivity contribution >= 4 is 35.0 Å². The highest BCUT2D eigenvalue weighted by Gasteiger charge is 2.21. The Morgan fingerprint density at radius 2 is 1.61 bits per heavy atom. The smallest absolute Gasteiger partial charge is 0.269 e. The monoisotopic (exact) mass is 545 g/mol. The van der Waals surface area contributed by atoms with Crippen molar-refractivity contribution in [3.63, 3.8) is 0 Å². The van der Waals surface area contributed by atoms with Gasteiger partial charge >= 0.3 is 0 Å². The van der Waals surface area contributed by atoms with Gasteiger partial charge in [0.2, 0.25) is 0 Å². The first-order valence-corrected chi connectivity index (χ1v) is 13.0. The van der Waals surface area contributed by atoms with E-state index in [9.17, 15) is 9.59 Å². The molecule has 1 aliphatic rings. The van der Waals surface area contributed by atoms with Gasteiger partial charge in [-0.25, -0.2) is 0 Å². The zero-order valence-corrected chi connectivity index (χ0v) is 22.1. The third kappa shape index (κ3) is 5.82. The first kappa shape index (κ1) is 25.8. The van der Waals surface area contributed by atoms with Gasteiger partial charge in [0.15, 0.2) is 0 Å². The van der Waals surface area contributed by atoms with E-state index in [1.165, 1.54) is 5.56 Å². The first-order chi connectivity index (χ1) is 18.4. The van der Waals surface area contributed by atoms with E-state index in [1.807, 2.05) is 48.5 Å². The largest absolute Gasteiger partial charge is 0.457 e. The Hall–Kier alpha value is -3.87. The summed E-state index contributed by atoms with van der Waals surface area (Å²) in [6, 6.07) is 22.2. The van der Waals surface area contributed by atoms with E-state index in [0.717, 1.165) is 29.5 Å². The van der Waals surface area contributed by atoms with Crippen LogP contribution in [0.5, 0.6) is 11.5 Å². The van der Waals surface area contributed by atoms with Crippen LogP contribution in [0.2, 0.25) is 10.0 Å². The predicted molar refractivity (Wildman–Crippen MR) is 149 cm³/mol. The van der Waals surface area contributed by atoms with Gasteiger partial charge in [-0.2, -0.15) is 0 Å². The maximum Gasteiger partial charge on any atom is 0.269 e.